The molecular weight excluding hydrogens is 504 g/mol. The molecular formula is C37H24N2S. The standard InChI is InChI=1S/C37H24N2S/c1-5-15-32-26(11-1)27-12-2-6-16-33(27)38(32)24-10-9-19-36-30(22-24)31-23-25(20-21-37(31)40-36)39-34-17-7-3-13-28(34)29-14-4-8-18-35(29)39/h1-9,11-23H,10H2. The minimum Gasteiger partial charge on any atom is -0.313 e. The van der Waals surface area contributed by atoms with E-state index < -0.39 is 0 Å². The van der Waals surface area contributed by atoms with Crippen molar-refractivity contribution >= 4 is 82.9 Å². The summed E-state index contributed by atoms with van der Waals surface area (Å²) in [7, 11) is 0. The van der Waals surface area contributed by atoms with E-state index in [1.807, 2.05) is 11.3 Å². The maximum absolute atomic E-state index is 2.46. The van der Waals surface area contributed by atoms with Crippen LogP contribution in [-0.4, -0.2) is 9.13 Å². The first-order valence-corrected chi connectivity index (χ1v) is 14.6. The Hall–Kier alpha value is -4.86. The summed E-state index contributed by atoms with van der Waals surface area (Å²) in [6.07, 6.45) is 7.96. The Morgan fingerprint density at radius 3 is 1.62 bits per heavy atom. The van der Waals surface area contributed by atoms with Crippen LogP contribution in [0.2, 0.25) is 0 Å². The van der Waals surface area contributed by atoms with Crippen LogP contribution in [0.4, 0.5) is 0 Å². The number of aromatic nitrogens is 2. The zero-order valence-corrected chi connectivity index (χ0v) is 22.5. The van der Waals surface area contributed by atoms with Gasteiger partial charge < -0.3 is 9.13 Å². The van der Waals surface area contributed by atoms with Crippen LogP contribution < -0.4 is 0 Å². The van der Waals surface area contributed by atoms with Gasteiger partial charge in [0.25, 0.3) is 0 Å². The number of hydrogen-bond donors (Lipinski definition) is 0. The van der Waals surface area contributed by atoms with Crippen molar-refractivity contribution in [1.82, 2.24) is 9.13 Å². The van der Waals surface area contributed by atoms with Gasteiger partial charge in [-0.2, -0.15) is 0 Å². The molecule has 2 nitrogen and oxygen atoms in total. The van der Waals surface area contributed by atoms with Gasteiger partial charge in [-0.05, 0) is 54.6 Å². The Balaban J connectivity index is 1.31. The van der Waals surface area contributed by atoms with Crippen molar-refractivity contribution < 1.29 is 0 Å². The van der Waals surface area contributed by atoms with E-state index >= 15 is 0 Å². The van der Waals surface area contributed by atoms with Crippen LogP contribution in [0.5, 0.6) is 0 Å². The topological polar surface area (TPSA) is 9.86 Å². The Kier molecular flexibility index (Phi) is 4.58. The van der Waals surface area contributed by atoms with Crippen molar-refractivity contribution in [2.45, 2.75) is 6.42 Å². The molecule has 0 fully saturated rings. The Morgan fingerprint density at radius 2 is 1.05 bits per heavy atom. The third kappa shape index (κ3) is 3.04. The molecule has 0 saturated carbocycles. The molecule has 3 heterocycles. The molecule has 5 aromatic carbocycles. The second-order valence-electron chi connectivity index (χ2n) is 10.5. The van der Waals surface area contributed by atoms with E-state index in [1.165, 1.54) is 75.5 Å². The summed E-state index contributed by atoms with van der Waals surface area (Å²) in [5.41, 5.74) is 8.82. The summed E-state index contributed by atoms with van der Waals surface area (Å²) in [6.45, 7) is 0. The lowest BCUT2D eigenvalue weighted by Crippen LogP contribution is -1.96. The maximum atomic E-state index is 2.46. The number of fused-ring (bicyclic) bond motifs is 9. The predicted octanol–water partition coefficient (Wildman–Crippen LogP) is 10.5. The van der Waals surface area contributed by atoms with Crippen LogP contribution in [-0.2, 0) is 0 Å². The molecule has 1 aliphatic rings. The van der Waals surface area contributed by atoms with Gasteiger partial charge in [0, 0.05) is 59.9 Å². The predicted molar refractivity (Wildman–Crippen MR) is 173 cm³/mol. The van der Waals surface area contributed by atoms with Gasteiger partial charge in [-0.25, -0.2) is 0 Å². The second-order valence-corrected chi connectivity index (χ2v) is 11.6. The third-order valence-corrected chi connectivity index (χ3v) is 9.50. The van der Waals surface area contributed by atoms with Gasteiger partial charge in [0.15, 0.2) is 0 Å². The van der Waals surface area contributed by atoms with E-state index in [1.54, 1.807) is 0 Å². The van der Waals surface area contributed by atoms with Gasteiger partial charge >= 0.3 is 0 Å². The van der Waals surface area contributed by atoms with Gasteiger partial charge in [-0.3, -0.25) is 0 Å². The van der Waals surface area contributed by atoms with Gasteiger partial charge in [0.1, 0.15) is 0 Å². The minimum atomic E-state index is 0.887. The van der Waals surface area contributed by atoms with E-state index in [9.17, 15) is 0 Å². The van der Waals surface area contributed by atoms with Crippen molar-refractivity contribution in [3.05, 3.63) is 132 Å². The average Bonchev–Trinajstić information content (AvgIpc) is 3.59. The Labute approximate surface area is 235 Å². The molecule has 0 radical (unpaired) electrons. The summed E-state index contributed by atoms with van der Waals surface area (Å²) >= 11 is 1.88. The summed E-state index contributed by atoms with van der Waals surface area (Å²) in [5.74, 6) is 0. The van der Waals surface area contributed by atoms with Crippen LogP contribution >= 0.6 is 11.3 Å². The highest BCUT2D eigenvalue weighted by Gasteiger charge is 2.18. The number of allylic oxidation sites excluding steroid dienone is 2. The molecule has 0 saturated heterocycles. The number of benzene rings is 5. The van der Waals surface area contributed by atoms with Crippen molar-refractivity contribution in [3.63, 3.8) is 0 Å². The lowest BCUT2D eigenvalue weighted by Gasteiger charge is -2.11. The summed E-state index contributed by atoms with van der Waals surface area (Å²) < 4.78 is 6.20. The van der Waals surface area contributed by atoms with Gasteiger partial charge in [-0.15, -0.1) is 11.3 Å². The third-order valence-electron chi connectivity index (χ3n) is 8.35. The van der Waals surface area contributed by atoms with Crippen LogP contribution in [0.15, 0.2) is 121 Å². The first kappa shape index (κ1) is 22.0. The van der Waals surface area contributed by atoms with Crippen LogP contribution in [0.3, 0.4) is 0 Å². The van der Waals surface area contributed by atoms with Gasteiger partial charge in [-0.1, -0.05) is 78.9 Å². The first-order chi connectivity index (χ1) is 19.8. The molecule has 0 unspecified atom stereocenters. The number of nitrogens with zero attached hydrogens (tertiary/aromatic N) is 2. The highest BCUT2D eigenvalue weighted by Crippen LogP contribution is 2.41. The lowest BCUT2D eigenvalue weighted by molar-refractivity contribution is 1.15. The molecule has 0 aliphatic heterocycles. The van der Waals surface area contributed by atoms with Gasteiger partial charge in [0.05, 0.1) is 22.1 Å². The highest BCUT2D eigenvalue weighted by atomic mass is 32.1. The van der Waals surface area contributed by atoms with E-state index in [-0.39, 0.29) is 0 Å². The van der Waals surface area contributed by atoms with Crippen molar-refractivity contribution in [2.24, 2.45) is 0 Å². The molecule has 0 N–H and O–H groups in total. The molecule has 3 aromatic heterocycles. The van der Waals surface area contributed by atoms with E-state index in [4.69, 9.17) is 0 Å². The van der Waals surface area contributed by atoms with Crippen LogP contribution in [0.25, 0.3) is 77.2 Å². The van der Waals surface area contributed by atoms with Crippen molar-refractivity contribution in [2.75, 3.05) is 0 Å². The molecule has 0 bridgehead atoms. The zero-order valence-electron chi connectivity index (χ0n) is 21.7. The summed E-state index contributed by atoms with van der Waals surface area (Å²) in [5, 5.41) is 6.49. The van der Waals surface area contributed by atoms with Gasteiger partial charge in [0.2, 0.25) is 0 Å². The van der Waals surface area contributed by atoms with E-state index in [0.717, 1.165) is 6.42 Å². The fourth-order valence-corrected chi connectivity index (χ4v) is 7.73. The molecule has 9 rings (SSSR count). The summed E-state index contributed by atoms with van der Waals surface area (Å²) in [4.78, 5) is 1.32. The quantitative estimate of drug-likeness (QED) is 0.211. The fourth-order valence-electron chi connectivity index (χ4n) is 6.64. The van der Waals surface area contributed by atoms with Crippen LogP contribution in [0.1, 0.15) is 16.9 Å². The number of hydrogen-bond acceptors (Lipinski definition) is 1. The monoisotopic (exact) mass is 528 g/mol. The molecule has 3 heteroatoms. The zero-order chi connectivity index (χ0) is 26.2. The number of rotatable bonds is 2. The molecule has 0 spiro atoms. The van der Waals surface area contributed by atoms with E-state index in [0.29, 0.717) is 0 Å². The molecule has 1 aliphatic carbocycles. The number of thiophene rings is 1. The van der Waals surface area contributed by atoms with E-state index in [2.05, 4.69) is 143 Å². The molecule has 188 valence electrons. The average molecular weight is 529 g/mol. The minimum absolute atomic E-state index is 0.887. The fraction of sp³-hybridized carbons (Fsp3) is 0.0270. The smallest absolute Gasteiger partial charge is 0.0541 e. The van der Waals surface area contributed by atoms with Crippen LogP contribution in [0, 0.1) is 0 Å². The molecule has 0 amide bonds. The maximum Gasteiger partial charge on any atom is 0.0541 e. The largest absolute Gasteiger partial charge is 0.313 e. The SMILES string of the molecule is C1=Cc2sc3ccc(-n4c5ccccc5c5ccccc54)cc3c2C=C(n2c3ccccc3c3ccccc32)C1. The van der Waals surface area contributed by atoms with Crippen molar-refractivity contribution in [3.8, 4) is 5.69 Å². The first-order valence-electron chi connectivity index (χ1n) is 13.8. The molecule has 8 aromatic rings. The Bertz CT molecular complexity index is 2250. The number of para-hydroxylation sites is 4. The molecule has 0 atom stereocenters. The molecule has 40 heavy (non-hydrogen) atoms. The normalized spacial score (nSPS) is 13.4. The Morgan fingerprint density at radius 1 is 0.525 bits per heavy atom. The lowest BCUT2D eigenvalue weighted by atomic mass is 10.1. The highest BCUT2D eigenvalue weighted by molar-refractivity contribution is 7.20. The van der Waals surface area contributed by atoms with Crippen molar-refractivity contribution in [1.29, 1.82) is 0 Å². The second kappa shape index (κ2) is 8.32. The summed E-state index contributed by atoms with van der Waals surface area (Å²) in [6, 6.07) is 42.0.